The molecule has 2 aromatic heterocycles. The molecule has 4 aromatic rings. The van der Waals surface area contributed by atoms with E-state index in [4.69, 9.17) is 5.73 Å². The van der Waals surface area contributed by atoms with Crippen LogP contribution in [-0.4, -0.2) is 26.5 Å². The van der Waals surface area contributed by atoms with Gasteiger partial charge in [-0.2, -0.15) is 18.3 Å². The first-order valence-electron chi connectivity index (χ1n) is 11.9. The summed E-state index contributed by atoms with van der Waals surface area (Å²) in [5.74, 6) is -4.84. The largest absolute Gasteiger partial charge is 0.435 e. The van der Waals surface area contributed by atoms with Gasteiger partial charge in [-0.3, -0.25) is 19.3 Å². The number of aromatic nitrogens is 3. The van der Waals surface area contributed by atoms with Gasteiger partial charge in [-0.1, -0.05) is 12.1 Å². The molecule has 40 heavy (non-hydrogen) atoms. The number of hydrogen-bond acceptors (Lipinski definition) is 4. The lowest BCUT2D eigenvalue weighted by Gasteiger charge is -2.20. The molecule has 2 N–H and O–H groups in total. The topological polar surface area (TPSA) is 90.9 Å². The fourth-order valence-corrected chi connectivity index (χ4v) is 4.46. The predicted octanol–water partition coefficient (Wildman–Crippen LogP) is 5.77. The van der Waals surface area contributed by atoms with Crippen molar-refractivity contribution in [1.29, 1.82) is 0 Å². The Hall–Kier alpha value is -4.48. The molecule has 0 spiro atoms. The van der Waals surface area contributed by atoms with E-state index in [1.54, 1.807) is 12.1 Å². The molecule has 4 rings (SSSR count). The second-order valence-electron chi connectivity index (χ2n) is 9.24. The number of primary amides is 1. The van der Waals surface area contributed by atoms with Crippen molar-refractivity contribution in [3.8, 4) is 11.1 Å². The van der Waals surface area contributed by atoms with E-state index < -0.39 is 53.5 Å². The average molecular weight is 560 g/mol. The molecule has 0 radical (unpaired) electrons. The van der Waals surface area contributed by atoms with Crippen molar-refractivity contribution in [1.82, 2.24) is 14.8 Å². The number of pyridine rings is 1. The van der Waals surface area contributed by atoms with Crippen LogP contribution in [0.15, 0.2) is 60.8 Å². The van der Waals surface area contributed by atoms with Gasteiger partial charge in [-0.25, -0.2) is 13.2 Å². The molecule has 12 heteroatoms. The minimum absolute atomic E-state index is 0.0693. The third-order valence-corrected chi connectivity index (χ3v) is 6.24. The number of hydrogen-bond donors (Lipinski definition) is 1. The molecular weight excluding hydrogens is 538 g/mol. The molecule has 0 fully saturated rings. The van der Waals surface area contributed by atoms with Crippen LogP contribution in [0.1, 0.15) is 45.3 Å². The Kier molecular flexibility index (Phi) is 8.08. The quantitative estimate of drug-likeness (QED) is 0.263. The number of nitrogens with zero attached hydrogens (tertiary/aromatic N) is 3. The zero-order chi connectivity index (χ0) is 29.2. The minimum atomic E-state index is -4.69. The van der Waals surface area contributed by atoms with E-state index in [9.17, 15) is 35.9 Å². The number of carbonyl (C=O) groups excluding carboxylic acids is 2. The summed E-state index contributed by atoms with van der Waals surface area (Å²) in [6, 6.07) is 10.5. The molecule has 2 aromatic carbocycles. The van der Waals surface area contributed by atoms with Gasteiger partial charge in [0.2, 0.25) is 0 Å². The molecule has 6 nitrogen and oxygen atoms in total. The number of rotatable bonds is 9. The van der Waals surface area contributed by atoms with Gasteiger partial charge in [-0.15, -0.1) is 0 Å². The van der Waals surface area contributed by atoms with E-state index in [0.717, 1.165) is 28.9 Å². The first kappa shape index (κ1) is 28.5. The highest BCUT2D eigenvalue weighted by molar-refractivity contribution is 5.94. The Balaban J connectivity index is 1.73. The van der Waals surface area contributed by atoms with Crippen molar-refractivity contribution in [3.05, 3.63) is 106 Å². The second-order valence-corrected chi connectivity index (χ2v) is 9.24. The molecule has 1 amide bonds. The Bertz CT molecular complexity index is 1560. The summed E-state index contributed by atoms with van der Waals surface area (Å²) in [7, 11) is 0. The molecule has 1 atom stereocenters. The maximum atomic E-state index is 14.1. The third kappa shape index (κ3) is 6.56. The summed E-state index contributed by atoms with van der Waals surface area (Å²) < 4.78 is 82.3. The Labute approximate surface area is 224 Å². The van der Waals surface area contributed by atoms with Gasteiger partial charge in [-0.05, 0) is 60.9 Å². The molecule has 0 aliphatic heterocycles. The zero-order valence-electron chi connectivity index (χ0n) is 21.0. The van der Waals surface area contributed by atoms with Gasteiger partial charge in [0.1, 0.15) is 17.5 Å². The molecule has 0 aliphatic carbocycles. The fourth-order valence-electron chi connectivity index (χ4n) is 4.46. The Morgan fingerprint density at radius 2 is 1.70 bits per heavy atom. The lowest BCUT2D eigenvalue weighted by Crippen LogP contribution is -2.19. The highest BCUT2D eigenvalue weighted by Crippen LogP contribution is 2.34. The summed E-state index contributed by atoms with van der Waals surface area (Å²) >= 11 is 0. The van der Waals surface area contributed by atoms with Crippen LogP contribution in [0, 0.1) is 24.4 Å². The molecule has 208 valence electrons. The van der Waals surface area contributed by atoms with Crippen molar-refractivity contribution >= 4 is 11.7 Å². The van der Waals surface area contributed by atoms with Crippen LogP contribution in [0.2, 0.25) is 0 Å². The van der Waals surface area contributed by atoms with Crippen LogP contribution in [0.4, 0.5) is 26.3 Å². The maximum absolute atomic E-state index is 14.1. The molecule has 0 unspecified atom stereocenters. The number of carbonyl (C=O) groups is 2. The van der Waals surface area contributed by atoms with Crippen molar-refractivity contribution in [2.24, 2.45) is 5.73 Å². The molecule has 2 heterocycles. The van der Waals surface area contributed by atoms with Crippen LogP contribution >= 0.6 is 0 Å². The summed E-state index contributed by atoms with van der Waals surface area (Å²) in [5.41, 5.74) is 5.12. The number of aryl methyl sites for hydroxylation is 1. The standard InChI is InChI=1S/C28H22F6N4O2/c1-15-7-25(28(32,33)34)37-38(15)14-21(39)11-18(8-16-9-19(29)13-20(30)10-16)26-22(3-2-6-36-26)17-4-5-24(31)23(12-17)27(35)40/h2-7,9-10,12-13,18H,8,11,14H2,1H3,(H2,35,40)/t18-/m1/s1. The Morgan fingerprint density at radius 3 is 2.33 bits per heavy atom. The van der Waals surface area contributed by atoms with Gasteiger partial charge in [0, 0.05) is 35.9 Å². The van der Waals surface area contributed by atoms with Crippen LogP contribution < -0.4 is 5.73 Å². The van der Waals surface area contributed by atoms with E-state index in [1.807, 2.05) is 0 Å². The van der Waals surface area contributed by atoms with Gasteiger partial charge in [0.05, 0.1) is 17.8 Å². The lowest BCUT2D eigenvalue weighted by molar-refractivity contribution is -0.141. The number of halogens is 6. The fraction of sp³-hybridized carbons (Fsp3) is 0.214. The average Bonchev–Trinajstić information content (AvgIpc) is 3.23. The lowest BCUT2D eigenvalue weighted by atomic mass is 9.86. The van der Waals surface area contributed by atoms with E-state index in [0.29, 0.717) is 17.2 Å². The zero-order valence-corrected chi connectivity index (χ0v) is 21.0. The maximum Gasteiger partial charge on any atom is 0.435 e. The number of Topliss-reactive ketones (excluding diaryl/α,β-unsaturated/α-hetero) is 1. The number of benzene rings is 2. The van der Waals surface area contributed by atoms with Gasteiger partial charge >= 0.3 is 6.18 Å². The summed E-state index contributed by atoms with van der Waals surface area (Å²) in [5, 5.41) is 3.48. The molecule has 0 saturated carbocycles. The van der Waals surface area contributed by atoms with Crippen LogP contribution in [0.3, 0.4) is 0 Å². The third-order valence-electron chi connectivity index (χ3n) is 6.24. The van der Waals surface area contributed by atoms with E-state index in [2.05, 4.69) is 10.1 Å². The van der Waals surface area contributed by atoms with E-state index in [-0.39, 0.29) is 35.4 Å². The predicted molar refractivity (Wildman–Crippen MR) is 133 cm³/mol. The second kappa shape index (κ2) is 11.3. The SMILES string of the molecule is Cc1cc(C(F)(F)F)nn1CC(=O)C[C@@H](Cc1cc(F)cc(F)c1)c1ncccc1-c1ccc(F)c(C(N)=O)c1. The minimum Gasteiger partial charge on any atom is -0.366 e. The van der Waals surface area contributed by atoms with Crippen LogP contribution in [-0.2, 0) is 23.9 Å². The van der Waals surface area contributed by atoms with Crippen molar-refractivity contribution in [3.63, 3.8) is 0 Å². The summed E-state index contributed by atoms with van der Waals surface area (Å²) in [6.45, 7) is 0.894. The molecule has 0 aliphatic rings. The van der Waals surface area contributed by atoms with Crippen LogP contribution in [0.5, 0.6) is 0 Å². The van der Waals surface area contributed by atoms with Gasteiger partial charge in [0.15, 0.2) is 11.5 Å². The number of alkyl halides is 3. The highest BCUT2D eigenvalue weighted by Gasteiger charge is 2.34. The summed E-state index contributed by atoms with van der Waals surface area (Å²) in [6.07, 6.45) is -3.62. The van der Waals surface area contributed by atoms with Crippen molar-refractivity contribution < 1.29 is 35.9 Å². The number of amides is 1. The molecular formula is C28H22F6N4O2. The molecule has 0 saturated heterocycles. The summed E-state index contributed by atoms with van der Waals surface area (Å²) in [4.78, 5) is 29.2. The van der Waals surface area contributed by atoms with Crippen molar-refractivity contribution in [2.75, 3.05) is 0 Å². The van der Waals surface area contributed by atoms with E-state index in [1.165, 1.54) is 25.3 Å². The number of ketones is 1. The first-order valence-corrected chi connectivity index (χ1v) is 11.9. The smallest absolute Gasteiger partial charge is 0.366 e. The highest BCUT2D eigenvalue weighted by atomic mass is 19.4. The molecule has 0 bridgehead atoms. The van der Waals surface area contributed by atoms with Gasteiger partial charge < -0.3 is 5.73 Å². The van der Waals surface area contributed by atoms with Crippen LogP contribution in [0.25, 0.3) is 11.1 Å². The van der Waals surface area contributed by atoms with Crippen molar-refractivity contribution in [2.45, 2.75) is 38.4 Å². The first-order chi connectivity index (χ1) is 18.8. The van der Waals surface area contributed by atoms with E-state index >= 15 is 0 Å². The monoisotopic (exact) mass is 560 g/mol. The Morgan fingerprint density at radius 1 is 1.00 bits per heavy atom. The number of nitrogens with two attached hydrogens (primary N) is 1. The normalized spacial score (nSPS) is 12.4. The van der Waals surface area contributed by atoms with Gasteiger partial charge in [0.25, 0.3) is 5.91 Å².